The van der Waals surface area contributed by atoms with Gasteiger partial charge in [-0.3, -0.25) is 4.79 Å². The minimum atomic E-state index is -0.506. The molecule has 0 unspecified atom stereocenters. The van der Waals surface area contributed by atoms with E-state index in [1.807, 2.05) is 0 Å². The van der Waals surface area contributed by atoms with Crippen LogP contribution in [0.1, 0.15) is 10.6 Å². The second-order valence-corrected chi connectivity index (χ2v) is 3.60. The maximum atomic E-state index is 11.8. The maximum absolute atomic E-state index is 11.8. The van der Waals surface area contributed by atoms with E-state index in [1.165, 1.54) is 21.3 Å². The van der Waals surface area contributed by atoms with Gasteiger partial charge in [-0.2, -0.15) is 5.21 Å². The predicted molar refractivity (Wildman–Crippen MR) is 68.2 cm³/mol. The summed E-state index contributed by atoms with van der Waals surface area (Å²) < 4.78 is 15.6. The van der Waals surface area contributed by atoms with Crippen molar-refractivity contribution in [3.63, 3.8) is 0 Å². The van der Waals surface area contributed by atoms with E-state index in [2.05, 4.69) is 25.9 Å². The maximum Gasteiger partial charge on any atom is 0.297 e. The Kier molecular flexibility index (Phi) is 3.99. The average molecular weight is 279 g/mol. The summed E-state index contributed by atoms with van der Waals surface area (Å²) >= 11 is 0. The predicted octanol–water partition coefficient (Wildman–Crippen LogP) is 0.478. The van der Waals surface area contributed by atoms with Crippen LogP contribution in [0.4, 0.5) is 5.69 Å². The number of tetrazole rings is 1. The first-order valence-electron chi connectivity index (χ1n) is 5.54. The first-order valence-corrected chi connectivity index (χ1v) is 5.54. The van der Waals surface area contributed by atoms with Gasteiger partial charge in [0.15, 0.2) is 11.5 Å². The zero-order valence-corrected chi connectivity index (χ0v) is 11.1. The van der Waals surface area contributed by atoms with Gasteiger partial charge < -0.3 is 19.5 Å². The number of benzene rings is 1. The molecular weight excluding hydrogens is 266 g/mol. The van der Waals surface area contributed by atoms with Gasteiger partial charge in [0.1, 0.15) is 0 Å². The van der Waals surface area contributed by atoms with Gasteiger partial charge in [-0.25, -0.2) is 0 Å². The minimum absolute atomic E-state index is 0.0706. The van der Waals surface area contributed by atoms with E-state index in [0.29, 0.717) is 22.9 Å². The lowest BCUT2D eigenvalue weighted by Gasteiger charge is -2.14. The summed E-state index contributed by atoms with van der Waals surface area (Å²) in [6.45, 7) is 0. The van der Waals surface area contributed by atoms with E-state index in [4.69, 9.17) is 14.2 Å². The molecule has 0 aliphatic carbocycles. The Morgan fingerprint density at radius 2 is 1.80 bits per heavy atom. The molecule has 0 bridgehead atoms. The Bertz CT molecular complexity index is 574. The van der Waals surface area contributed by atoms with Crippen LogP contribution in [0.15, 0.2) is 12.1 Å². The first kappa shape index (κ1) is 13.6. The van der Waals surface area contributed by atoms with E-state index in [0.717, 1.165) is 0 Å². The summed E-state index contributed by atoms with van der Waals surface area (Å²) in [6, 6.07) is 3.19. The third-order valence-electron chi connectivity index (χ3n) is 2.47. The van der Waals surface area contributed by atoms with Gasteiger partial charge in [0.05, 0.1) is 21.3 Å². The first-order chi connectivity index (χ1) is 9.69. The van der Waals surface area contributed by atoms with Crippen LogP contribution in [0, 0.1) is 0 Å². The van der Waals surface area contributed by atoms with Gasteiger partial charge in [0, 0.05) is 17.8 Å². The number of H-pyrrole nitrogens is 1. The van der Waals surface area contributed by atoms with Crippen molar-refractivity contribution in [2.24, 2.45) is 0 Å². The molecule has 0 aliphatic heterocycles. The number of nitrogens with one attached hydrogen (secondary N) is 2. The number of aromatic amines is 1. The lowest BCUT2D eigenvalue weighted by Crippen LogP contribution is -2.14. The van der Waals surface area contributed by atoms with Gasteiger partial charge in [-0.15, -0.1) is 10.2 Å². The second-order valence-electron chi connectivity index (χ2n) is 3.60. The quantitative estimate of drug-likeness (QED) is 0.818. The van der Waals surface area contributed by atoms with Crippen molar-refractivity contribution < 1.29 is 19.0 Å². The van der Waals surface area contributed by atoms with Crippen LogP contribution in [-0.4, -0.2) is 47.9 Å². The Balaban J connectivity index is 2.30. The van der Waals surface area contributed by atoms with E-state index in [-0.39, 0.29) is 5.82 Å². The summed E-state index contributed by atoms with van der Waals surface area (Å²) in [6.07, 6.45) is 0. The number of amides is 1. The topological polar surface area (TPSA) is 111 Å². The molecule has 1 amide bonds. The summed E-state index contributed by atoms with van der Waals surface area (Å²) in [5, 5.41) is 15.3. The van der Waals surface area contributed by atoms with Crippen molar-refractivity contribution >= 4 is 11.6 Å². The number of carbonyl (C=O) groups excluding carboxylic acids is 1. The molecule has 0 saturated carbocycles. The van der Waals surface area contributed by atoms with Gasteiger partial charge in [0.2, 0.25) is 5.75 Å². The molecule has 2 N–H and O–H groups in total. The fraction of sp³-hybridized carbons (Fsp3) is 0.273. The van der Waals surface area contributed by atoms with E-state index >= 15 is 0 Å². The van der Waals surface area contributed by atoms with Crippen LogP contribution < -0.4 is 19.5 Å². The largest absolute Gasteiger partial charge is 0.493 e. The number of hydrogen-bond donors (Lipinski definition) is 2. The molecule has 2 rings (SSSR count). The number of hydrogen-bond acceptors (Lipinski definition) is 7. The number of nitrogens with zero attached hydrogens (tertiary/aromatic N) is 3. The lowest BCUT2D eigenvalue weighted by atomic mass is 10.2. The van der Waals surface area contributed by atoms with Gasteiger partial charge in [-0.1, -0.05) is 0 Å². The van der Waals surface area contributed by atoms with Crippen LogP contribution in [0.5, 0.6) is 17.2 Å². The van der Waals surface area contributed by atoms with Crippen molar-refractivity contribution in [2.45, 2.75) is 0 Å². The molecular formula is C11H13N5O4. The Labute approximate surface area is 114 Å². The zero-order chi connectivity index (χ0) is 14.5. The van der Waals surface area contributed by atoms with E-state index < -0.39 is 5.91 Å². The highest BCUT2D eigenvalue weighted by molar-refractivity contribution is 6.01. The standard InChI is InChI=1S/C11H13N5O4/c1-18-7-4-6(5-8(19-2)9(7)20-3)12-11(17)10-13-15-16-14-10/h4-5H,1-3H3,(H,12,17)(H,13,14,15,16). The Hall–Kier alpha value is -2.84. The number of rotatable bonds is 5. The zero-order valence-electron chi connectivity index (χ0n) is 11.1. The lowest BCUT2D eigenvalue weighted by molar-refractivity contribution is 0.101. The number of methoxy groups -OCH3 is 3. The average Bonchev–Trinajstić information content (AvgIpc) is 3.00. The molecule has 0 spiro atoms. The van der Waals surface area contributed by atoms with Crippen LogP contribution in [0.3, 0.4) is 0 Å². The second kappa shape index (κ2) is 5.87. The van der Waals surface area contributed by atoms with Crippen molar-refractivity contribution in [1.29, 1.82) is 0 Å². The number of anilines is 1. The summed E-state index contributed by atoms with van der Waals surface area (Å²) in [5.74, 6) is 0.713. The van der Waals surface area contributed by atoms with Gasteiger partial charge in [0.25, 0.3) is 11.7 Å². The Morgan fingerprint density at radius 3 is 2.25 bits per heavy atom. The SMILES string of the molecule is COc1cc(NC(=O)c2nn[nH]n2)cc(OC)c1OC. The van der Waals surface area contributed by atoms with Gasteiger partial charge in [-0.05, 0) is 5.21 Å². The number of aromatic nitrogens is 4. The van der Waals surface area contributed by atoms with Crippen molar-refractivity contribution in [1.82, 2.24) is 20.6 Å². The molecule has 9 heteroatoms. The van der Waals surface area contributed by atoms with Crippen molar-refractivity contribution in [2.75, 3.05) is 26.6 Å². The number of ether oxygens (including phenoxy) is 3. The monoisotopic (exact) mass is 279 g/mol. The highest BCUT2D eigenvalue weighted by atomic mass is 16.5. The molecule has 0 saturated heterocycles. The molecule has 1 aromatic heterocycles. The molecule has 0 atom stereocenters. The fourth-order valence-electron chi connectivity index (χ4n) is 1.60. The third kappa shape index (κ3) is 2.60. The van der Waals surface area contributed by atoms with Crippen molar-refractivity contribution in [3.8, 4) is 17.2 Å². The molecule has 0 radical (unpaired) electrons. The molecule has 9 nitrogen and oxygen atoms in total. The molecule has 2 aromatic rings. The van der Waals surface area contributed by atoms with E-state index in [1.54, 1.807) is 12.1 Å². The molecule has 0 aliphatic rings. The van der Waals surface area contributed by atoms with Crippen molar-refractivity contribution in [3.05, 3.63) is 18.0 Å². The summed E-state index contributed by atoms with van der Waals surface area (Å²) in [4.78, 5) is 11.8. The van der Waals surface area contributed by atoms with E-state index in [9.17, 15) is 4.79 Å². The molecule has 106 valence electrons. The summed E-state index contributed by atoms with van der Waals surface area (Å²) in [5.41, 5.74) is 0.453. The number of carbonyl (C=O) groups is 1. The van der Waals surface area contributed by atoms with Crippen LogP contribution in [-0.2, 0) is 0 Å². The Morgan fingerprint density at radius 1 is 1.15 bits per heavy atom. The molecule has 1 heterocycles. The summed E-state index contributed by atoms with van der Waals surface area (Å²) in [7, 11) is 4.47. The molecule has 0 fully saturated rings. The molecule has 20 heavy (non-hydrogen) atoms. The highest BCUT2D eigenvalue weighted by Gasteiger charge is 2.16. The normalized spacial score (nSPS) is 9.95. The van der Waals surface area contributed by atoms with Crippen LogP contribution >= 0.6 is 0 Å². The highest BCUT2D eigenvalue weighted by Crippen LogP contribution is 2.39. The fourth-order valence-corrected chi connectivity index (χ4v) is 1.60. The van der Waals surface area contributed by atoms with Crippen LogP contribution in [0.2, 0.25) is 0 Å². The third-order valence-corrected chi connectivity index (χ3v) is 2.47. The minimum Gasteiger partial charge on any atom is -0.493 e. The smallest absolute Gasteiger partial charge is 0.297 e. The van der Waals surface area contributed by atoms with Crippen LogP contribution in [0.25, 0.3) is 0 Å². The van der Waals surface area contributed by atoms with Gasteiger partial charge >= 0.3 is 0 Å². The molecule has 1 aromatic carbocycles.